The molecule has 4 rings (SSSR count). The van der Waals surface area contributed by atoms with Crippen molar-refractivity contribution in [3.05, 3.63) is 71.4 Å². The molecule has 3 aromatic rings. The zero-order chi connectivity index (χ0) is 17.1. The van der Waals surface area contributed by atoms with Crippen LogP contribution in [0.25, 0.3) is 10.9 Å². The molecule has 1 amide bonds. The minimum absolute atomic E-state index is 0.188. The summed E-state index contributed by atoms with van der Waals surface area (Å²) in [6.45, 7) is 2.77. The zero-order valence-electron chi connectivity index (χ0n) is 14.3. The fourth-order valence-corrected chi connectivity index (χ4v) is 3.58. The number of H-pyrrole nitrogens is 1. The van der Waals surface area contributed by atoms with Crippen molar-refractivity contribution < 1.29 is 4.79 Å². The topological polar surface area (TPSA) is 48.1 Å². The second-order valence-corrected chi connectivity index (χ2v) is 6.62. The van der Waals surface area contributed by atoms with Crippen LogP contribution in [-0.4, -0.2) is 35.4 Å². The number of benzene rings is 2. The van der Waals surface area contributed by atoms with Crippen molar-refractivity contribution in [1.29, 1.82) is 0 Å². The van der Waals surface area contributed by atoms with E-state index in [-0.39, 0.29) is 5.91 Å². The number of para-hydroxylation sites is 1. The quantitative estimate of drug-likeness (QED) is 0.705. The second kappa shape index (κ2) is 7.11. The molecule has 128 valence electrons. The van der Waals surface area contributed by atoms with Crippen molar-refractivity contribution >= 4 is 16.8 Å². The summed E-state index contributed by atoms with van der Waals surface area (Å²) < 4.78 is 0. The summed E-state index contributed by atoms with van der Waals surface area (Å²) >= 11 is 0. The Bertz CT molecular complexity index is 883. The minimum Gasteiger partial charge on any atom is -0.361 e. The molecule has 2 heterocycles. The van der Waals surface area contributed by atoms with Gasteiger partial charge in [-0.15, -0.1) is 0 Å². The summed E-state index contributed by atoms with van der Waals surface area (Å²) in [5.41, 5.74) is 5.11. The van der Waals surface area contributed by atoms with Gasteiger partial charge in [0.25, 0.3) is 0 Å². The standard InChI is InChI=1S/C21H23N3O/c25-21(24-12-10-16-5-1-2-6-18(16)15-24)14-22-11-9-17-13-23-20-8-4-3-7-19(17)20/h1-8,13,22-23H,9-12,14-15H2. The normalized spacial score (nSPS) is 13.8. The van der Waals surface area contributed by atoms with Crippen LogP contribution in [0, 0.1) is 0 Å². The molecule has 0 aliphatic carbocycles. The number of hydrogen-bond acceptors (Lipinski definition) is 2. The van der Waals surface area contributed by atoms with Gasteiger partial charge >= 0.3 is 0 Å². The first-order valence-corrected chi connectivity index (χ1v) is 8.91. The summed E-state index contributed by atoms with van der Waals surface area (Å²) in [5, 5.41) is 4.57. The fraction of sp³-hybridized carbons (Fsp3) is 0.286. The van der Waals surface area contributed by atoms with Gasteiger partial charge in [-0.1, -0.05) is 42.5 Å². The number of carbonyl (C=O) groups excluding carboxylic acids is 1. The van der Waals surface area contributed by atoms with Gasteiger partial charge in [-0.05, 0) is 42.1 Å². The Hall–Kier alpha value is -2.59. The van der Waals surface area contributed by atoms with E-state index in [1.165, 1.54) is 27.6 Å². The molecule has 0 saturated heterocycles. The highest BCUT2D eigenvalue weighted by Gasteiger charge is 2.19. The molecule has 0 spiro atoms. The van der Waals surface area contributed by atoms with E-state index < -0.39 is 0 Å². The molecule has 0 bridgehead atoms. The van der Waals surface area contributed by atoms with Crippen molar-refractivity contribution in [2.24, 2.45) is 0 Å². The maximum atomic E-state index is 12.4. The van der Waals surface area contributed by atoms with Crippen molar-refractivity contribution in [3.63, 3.8) is 0 Å². The number of amides is 1. The maximum absolute atomic E-state index is 12.4. The Morgan fingerprint density at radius 1 is 1.08 bits per heavy atom. The van der Waals surface area contributed by atoms with Gasteiger partial charge in [-0.2, -0.15) is 0 Å². The van der Waals surface area contributed by atoms with Crippen LogP contribution in [0.2, 0.25) is 0 Å². The minimum atomic E-state index is 0.188. The lowest BCUT2D eigenvalue weighted by molar-refractivity contribution is -0.131. The Morgan fingerprint density at radius 3 is 2.80 bits per heavy atom. The van der Waals surface area contributed by atoms with E-state index >= 15 is 0 Å². The Kier molecular flexibility index (Phi) is 4.53. The lowest BCUT2D eigenvalue weighted by Gasteiger charge is -2.29. The summed E-state index contributed by atoms with van der Waals surface area (Å²) in [7, 11) is 0. The molecule has 0 saturated carbocycles. The number of nitrogens with one attached hydrogen (secondary N) is 2. The third-order valence-electron chi connectivity index (χ3n) is 5.01. The van der Waals surface area contributed by atoms with Crippen LogP contribution in [0.4, 0.5) is 0 Å². The Morgan fingerprint density at radius 2 is 1.88 bits per heavy atom. The largest absolute Gasteiger partial charge is 0.361 e. The first-order chi connectivity index (χ1) is 12.3. The van der Waals surface area contributed by atoms with Gasteiger partial charge in [0.05, 0.1) is 6.54 Å². The number of rotatable bonds is 5. The molecular weight excluding hydrogens is 310 g/mol. The molecule has 0 fully saturated rings. The lowest BCUT2D eigenvalue weighted by atomic mass is 10.00. The second-order valence-electron chi connectivity index (χ2n) is 6.62. The van der Waals surface area contributed by atoms with Crippen molar-refractivity contribution in [2.45, 2.75) is 19.4 Å². The molecule has 1 aliphatic heterocycles. The van der Waals surface area contributed by atoms with Crippen LogP contribution in [-0.2, 0) is 24.2 Å². The molecule has 0 radical (unpaired) electrons. The van der Waals surface area contributed by atoms with E-state index in [2.05, 4.69) is 52.9 Å². The molecule has 1 aromatic heterocycles. The molecule has 0 atom stereocenters. The van der Waals surface area contributed by atoms with Crippen molar-refractivity contribution in [1.82, 2.24) is 15.2 Å². The summed E-state index contributed by atoms with van der Waals surface area (Å²) in [4.78, 5) is 17.7. The molecule has 2 aromatic carbocycles. The van der Waals surface area contributed by atoms with Crippen LogP contribution in [0.1, 0.15) is 16.7 Å². The summed E-state index contributed by atoms with van der Waals surface area (Å²) in [6.07, 6.45) is 3.94. The highest BCUT2D eigenvalue weighted by Crippen LogP contribution is 2.19. The number of aromatic nitrogens is 1. The molecule has 25 heavy (non-hydrogen) atoms. The van der Waals surface area contributed by atoms with Crippen molar-refractivity contribution in [3.8, 4) is 0 Å². The maximum Gasteiger partial charge on any atom is 0.236 e. The van der Waals surface area contributed by atoms with Gasteiger partial charge in [0, 0.05) is 30.2 Å². The third kappa shape index (κ3) is 3.44. The molecule has 0 unspecified atom stereocenters. The Labute approximate surface area is 147 Å². The van der Waals surface area contributed by atoms with E-state index in [4.69, 9.17) is 0 Å². The average Bonchev–Trinajstić information content (AvgIpc) is 3.08. The monoisotopic (exact) mass is 333 g/mol. The first kappa shape index (κ1) is 15.9. The number of fused-ring (bicyclic) bond motifs is 2. The molecule has 4 nitrogen and oxygen atoms in total. The van der Waals surface area contributed by atoms with Crippen LogP contribution in [0.15, 0.2) is 54.7 Å². The van der Waals surface area contributed by atoms with E-state index in [9.17, 15) is 4.79 Å². The SMILES string of the molecule is O=C(CNCCc1c[nH]c2ccccc12)N1CCc2ccccc2C1. The first-order valence-electron chi connectivity index (χ1n) is 8.91. The van der Waals surface area contributed by atoms with E-state index in [0.717, 1.165) is 32.5 Å². The highest BCUT2D eigenvalue weighted by molar-refractivity contribution is 5.83. The Balaban J connectivity index is 1.27. The van der Waals surface area contributed by atoms with Gasteiger partial charge < -0.3 is 15.2 Å². The number of aromatic amines is 1. The molecule has 2 N–H and O–H groups in total. The lowest BCUT2D eigenvalue weighted by Crippen LogP contribution is -2.41. The van der Waals surface area contributed by atoms with Crippen molar-refractivity contribution in [2.75, 3.05) is 19.6 Å². The smallest absolute Gasteiger partial charge is 0.236 e. The summed E-state index contributed by atoms with van der Waals surface area (Å²) in [5.74, 6) is 0.188. The number of carbonyl (C=O) groups is 1. The van der Waals surface area contributed by atoms with Gasteiger partial charge in [0.15, 0.2) is 0 Å². The third-order valence-corrected chi connectivity index (χ3v) is 5.01. The number of nitrogens with zero attached hydrogens (tertiary/aromatic N) is 1. The highest BCUT2D eigenvalue weighted by atomic mass is 16.2. The average molecular weight is 333 g/mol. The van der Waals surface area contributed by atoms with Crippen LogP contribution in [0.3, 0.4) is 0 Å². The van der Waals surface area contributed by atoms with E-state index in [1.54, 1.807) is 0 Å². The van der Waals surface area contributed by atoms with Gasteiger partial charge in [0.2, 0.25) is 5.91 Å². The fourth-order valence-electron chi connectivity index (χ4n) is 3.58. The van der Waals surface area contributed by atoms with Gasteiger partial charge in [-0.3, -0.25) is 4.79 Å². The predicted molar refractivity (Wildman–Crippen MR) is 100 cm³/mol. The van der Waals surface area contributed by atoms with Crippen LogP contribution >= 0.6 is 0 Å². The number of hydrogen-bond donors (Lipinski definition) is 2. The van der Waals surface area contributed by atoms with E-state index in [0.29, 0.717) is 6.54 Å². The molecule has 4 heteroatoms. The summed E-state index contributed by atoms with van der Waals surface area (Å²) in [6, 6.07) is 16.7. The van der Waals surface area contributed by atoms with E-state index in [1.807, 2.05) is 17.0 Å². The van der Waals surface area contributed by atoms with Crippen LogP contribution < -0.4 is 5.32 Å². The van der Waals surface area contributed by atoms with Gasteiger partial charge in [0.1, 0.15) is 0 Å². The van der Waals surface area contributed by atoms with Gasteiger partial charge in [-0.25, -0.2) is 0 Å². The zero-order valence-corrected chi connectivity index (χ0v) is 14.3. The molecule has 1 aliphatic rings. The predicted octanol–water partition coefficient (Wildman–Crippen LogP) is 2.88. The van der Waals surface area contributed by atoms with Crippen LogP contribution in [0.5, 0.6) is 0 Å². The molecular formula is C21H23N3O.